The summed E-state index contributed by atoms with van der Waals surface area (Å²) in [6.45, 7) is 6.46. The van der Waals surface area contributed by atoms with Crippen LogP contribution in [0.1, 0.15) is 26.3 Å². The second-order valence-electron chi connectivity index (χ2n) is 5.86. The summed E-state index contributed by atoms with van der Waals surface area (Å²) in [4.78, 5) is 25.4. The number of carbonyl (C=O) groups excluding carboxylic acids is 2. The highest BCUT2D eigenvalue weighted by Crippen LogP contribution is 2.22. The number of urea groups is 1. The number of rotatable bonds is 7. The summed E-state index contributed by atoms with van der Waals surface area (Å²) in [5, 5.41) is 5.13. The molecule has 0 bridgehead atoms. The summed E-state index contributed by atoms with van der Waals surface area (Å²) >= 11 is 0. The standard InChI is InChI=1S/C20H24FN3O3/c1-4-24(13-15-8-6-7-9-19(15)27-5-2)20(26)23-16-10-11-17(21)18(12-16)22-14(3)25/h6-12H,4-5,13H2,1-3H3,(H,22,25)(H,23,26). The monoisotopic (exact) mass is 373 g/mol. The predicted molar refractivity (Wildman–Crippen MR) is 103 cm³/mol. The van der Waals surface area contributed by atoms with E-state index in [0.717, 1.165) is 11.3 Å². The van der Waals surface area contributed by atoms with Gasteiger partial charge in [0, 0.05) is 24.7 Å². The Morgan fingerprint density at radius 1 is 1.11 bits per heavy atom. The highest BCUT2D eigenvalue weighted by Gasteiger charge is 2.15. The number of anilines is 2. The SMILES string of the molecule is CCOc1ccccc1CN(CC)C(=O)Nc1ccc(F)c(NC(C)=O)c1. The number of benzene rings is 2. The van der Waals surface area contributed by atoms with Gasteiger partial charge in [0.15, 0.2) is 0 Å². The minimum atomic E-state index is -0.568. The van der Waals surface area contributed by atoms with E-state index in [2.05, 4.69) is 10.6 Å². The third-order valence-electron chi connectivity index (χ3n) is 3.83. The average molecular weight is 373 g/mol. The summed E-state index contributed by atoms with van der Waals surface area (Å²) in [6.07, 6.45) is 0. The van der Waals surface area contributed by atoms with Gasteiger partial charge in [-0.1, -0.05) is 18.2 Å². The molecular weight excluding hydrogens is 349 g/mol. The molecule has 144 valence electrons. The van der Waals surface area contributed by atoms with Crippen LogP contribution >= 0.6 is 0 Å². The van der Waals surface area contributed by atoms with E-state index in [4.69, 9.17) is 4.74 Å². The topological polar surface area (TPSA) is 70.7 Å². The second-order valence-corrected chi connectivity index (χ2v) is 5.86. The molecule has 0 unspecified atom stereocenters. The molecule has 0 aliphatic carbocycles. The normalized spacial score (nSPS) is 10.2. The van der Waals surface area contributed by atoms with Crippen LogP contribution in [0.3, 0.4) is 0 Å². The van der Waals surface area contributed by atoms with E-state index in [-0.39, 0.29) is 17.6 Å². The molecule has 2 aromatic rings. The molecular formula is C20H24FN3O3. The molecule has 0 spiro atoms. The van der Waals surface area contributed by atoms with Crippen molar-refractivity contribution in [3.05, 3.63) is 53.8 Å². The van der Waals surface area contributed by atoms with Gasteiger partial charge in [0.05, 0.1) is 18.8 Å². The Bertz CT molecular complexity index is 811. The van der Waals surface area contributed by atoms with Crippen LogP contribution in [0.25, 0.3) is 0 Å². The molecule has 0 saturated heterocycles. The van der Waals surface area contributed by atoms with Crippen LogP contribution in [0.4, 0.5) is 20.6 Å². The van der Waals surface area contributed by atoms with Crippen molar-refractivity contribution in [1.82, 2.24) is 4.90 Å². The van der Waals surface area contributed by atoms with Gasteiger partial charge in [0.1, 0.15) is 11.6 Å². The number of nitrogens with one attached hydrogen (secondary N) is 2. The maximum Gasteiger partial charge on any atom is 0.322 e. The van der Waals surface area contributed by atoms with Crippen molar-refractivity contribution in [1.29, 1.82) is 0 Å². The van der Waals surface area contributed by atoms with E-state index >= 15 is 0 Å². The fourth-order valence-corrected chi connectivity index (χ4v) is 2.55. The van der Waals surface area contributed by atoms with E-state index in [9.17, 15) is 14.0 Å². The number of hydrogen-bond donors (Lipinski definition) is 2. The number of carbonyl (C=O) groups is 2. The summed E-state index contributed by atoms with van der Waals surface area (Å²) in [7, 11) is 0. The van der Waals surface area contributed by atoms with Crippen LogP contribution in [0.5, 0.6) is 5.75 Å². The fraction of sp³-hybridized carbons (Fsp3) is 0.300. The summed E-state index contributed by atoms with van der Waals surface area (Å²) in [5.41, 5.74) is 1.31. The van der Waals surface area contributed by atoms with E-state index < -0.39 is 5.82 Å². The van der Waals surface area contributed by atoms with Gasteiger partial charge in [-0.25, -0.2) is 9.18 Å². The smallest absolute Gasteiger partial charge is 0.322 e. The predicted octanol–water partition coefficient (Wildman–Crippen LogP) is 4.24. The Labute approximate surface area is 158 Å². The first-order valence-electron chi connectivity index (χ1n) is 8.78. The van der Waals surface area contributed by atoms with Gasteiger partial charge >= 0.3 is 6.03 Å². The lowest BCUT2D eigenvalue weighted by molar-refractivity contribution is -0.114. The van der Waals surface area contributed by atoms with Gasteiger partial charge in [-0.15, -0.1) is 0 Å². The quantitative estimate of drug-likeness (QED) is 0.763. The van der Waals surface area contributed by atoms with Gasteiger partial charge < -0.3 is 20.3 Å². The van der Waals surface area contributed by atoms with E-state index in [1.54, 1.807) is 4.90 Å². The third-order valence-corrected chi connectivity index (χ3v) is 3.83. The molecule has 6 nitrogen and oxygen atoms in total. The number of hydrogen-bond acceptors (Lipinski definition) is 3. The van der Waals surface area contributed by atoms with Crippen LogP contribution < -0.4 is 15.4 Å². The molecule has 7 heteroatoms. The minimum Gasteiger partial charge on any atom is -0.494 e. The Kier molecular flexibility index (Phi) is 7.16. The van der Waals surface area contributed by atoms with Crippen LogP contribution in [-0.2, 0) is 11.3 Å². The zero-order valence-corrected chi connectivity index (χ0v) is 15.7. The molecule has 0 fully saturated rings. The van der Waals surface area contributed by atoms with Gasteiger partial charge in [0.2, 0.25) is 5.91 Å². The third kappa shape index (κ3) is 5.70. The van der Waals surface area contributed by atoms with Crippen molar-refractivity contribution in [2.24, 2.45) is 0 Å². The number of ether oxygens (including phenoxy) is 1. The molecule has 2 N–H and O–H groups in total. The Morgan fingerprint density at radius 2 is 1.85 bits per heavy atom. The maximum atomic E-state index is 13.7. The van der Waals surface area contributed by atoms with Crippen LogP contribution in [-0.4, -0.2) is 30.0 Å². The number of amides is 3. The first-order valence-corrected chi connectivity index (χ1v) is 8.78. The van der Waals surface area contributed by atoms with E-state index in [1.807, 2.05) is 38.1 Å². The van der Waals surface area contributed by atoms with Crippen LogP contribution in [0.15, 0.2) is 42.5 Å². The van der Waals surface area contributed by atoms with Crippen molar-refractivity contribution in [2.75, 3.05) is 23.8 Å². The van der Waals surface area contributed by atoms with Crippen molar-refractivity contribution >= 4 is 23.3 Å². The summed E-state index contributed by atoms with van der Waals surface area (Å²) < 4.78 is 19.4. The second kappa shape index (κ2) is 9.56. The van der Waals surface area contributed by atoms with Gasteiger partial charge in [0.25, 0.3) is 0 Å². The molecule has 0 heterocycles. The molecule has 0 aromatic heterocycles. The first kappa shape index (κ1) is 20.2. The minimum absolute atomic E-state index is 0.0186. The lowest BCUT2D eigenvalue weighted by Gasteiger charge is -2.23. The lowest BCUT2D eigenvalue weighted by Crippen LogP contribution is -2.34. The molecule has 3 amide bonds. The highest BCUT2D eigenvalue weighted by atomic mass is 19.1. The van der Waals surface area contributed by atoms with Crippen LogP contribution in [0.2, 0.25) is 0 Å². The van der Waals surface area contributed by atoms with Crippen molar-refractivity contribution in [2.45, 2.75) is 27.3 Å². The maximum absolute atomic E-state index is 13.7. The summed E-state index contributed by atoms with van der Waals surface area (Å²) in [6, 6.07) is 11.2. The van der Waals surface area contributed by atoms with Crippen LogP contribution in [0, 0.1) is 5.82 Å². The molecule has 0 saturated carbocycles. The zero-order chi connectivity index (χ0) is 19.8. The molecule has 2 aromatic carbocycles. The Hall–Kier alpha value is -3.09. The van der Waals surface area contributed by atoms with E-state index in [0.29, 0.717) is 25.4 Å². The van der Waals surface area contributed by atoms with Crippen molar-refractivity contribution in [3.8, 4) is 5.75 Å². The highest BCUT2D eigenvalue weighted by molar-refractivity contribution is 5.92. The van der Waals surface area contributed by atoms with Gasteiger partial charge in [-0.2, -0.15) is 0 Å². The molecule has 2 rings (SSSR count). The average Bonchev–Trinajstić information content (AvgIpc) is 2.63. The largest absolute Gasteiger partial charge is 0.494 e. The number of para-hydroxylation sites is 1. The van der Waals surface area contributed by atoms with Gasteiger partial charge in [-0.3, -0.25) is 4.79 Å². The molecule has 0 aliphatic heterocycles. The molecule has 0 aliphatic rings. The first-order chi connectivity index (χ1) is 12.9. The Balaban J connectivity index is 2.12. The number of halogens is 1. The molecule has 27 heavy (non-hydrogen) atoms. The number of nitrogens with zero attached hydrogens (tertiary/aromatic N) is 1. The van der Waals surface area contributed by atoms with Crippen molar-refractivity contribution in [3.63, 3.8) is 0 Å². The fourth-order valence-electron chi connectivity index (χ4n) is 2.55. The molecule has 0 atom stereocenters. The lowest BCUT2D eigenvalue weighted by atomic mass is 10.2. The zero-order valence-electron chi connectivity index (χ0n) is 15.7. The summed E-state index contributed by atoms with van der Waals surface area (Å²) in [5.74, 6) is -0.220. The van der Waals surface area contributed by atoms with E-state index in [1.165, 1.54) is 25.1 Å². The Morgan fingerprint density at radius 3 is 2.52 bits per heavy atom. The van der Waals surface area contributed by atoms with Gasteiger partial charge in [-0.05, 0) is 38.1 Å². The van der Waals surface area contributed by atoms with Crippen molar-refractivity contribution < 1.29 is 18.7 Å². The molecule has 0 radical (unpaired) electrons.